The lowest BCUT2D eigenvalue weighted by Gasteiger charge is -2.18. The van der Waals surface area contributed by atoms with Gasteiger partial charge in [-0.2, -0.15) is 0 Å². The first kappa shape index (κ1) is 21.1. The SMILES string of the molecule is CC[C@@H](O)/C=C/[C@H]1O[C@H]([C@@H](O)CCCCCCCC(=O)O)C[C@@H]1O. The van der Waals surface area contributed by atoms with Gasteiger partial charge in [-0.05, 0) is 19.3 Å². The quantitative estimate of drug-likeness (QED) is 0.319. The molecule has 0 spiro atoms. The van der Waals surface area contributed by atoms with Crippen LogP contribution in [0.3, 0.4) is 0 Å². The van der Waals surface area contributed by atoms with Gasteiger partial charge < -0.3 is 25.2 Å². The predicted molar refractivity (Wildman–Crippen MR) is 90.7 cm³/mol. The minimum atomic E-state index is -0.752. The Balaban J connectivity index is 2.18. The third-order valence-corrected chi connectivity index (χ3v) is 4.45. The number of ether oxygens (including phenoxy) is 1. The Labute approximate surface area is 144 Å². The number of carbonyl (C=O) groups is 1. The van der Waals surface area contributed by atoms with E-state index in [0.717, 1.165) is 25.7 Å². The van der Waals surface area contributed by atoms with E-state index < -0.39 is 30.4 Å². The molecule has 140 valence electrons. The van der Waals surface area contributed by atoms with Crippen LogP contribution in [0.1, 0.15) is 64.7 Å². The smallest absolute Gasteiger partial charge is 0.303 e. The van der Waals surface area contributed by atoms with Crippen LogP contribution in [0.5, 0.6) is 0 Å². The second-order valence-electron chi connectivity index (χ2n) is 6.57. The number of hydrogen-bond donors (Lipinski definition) is 4. The predicted octanol–water partition coefficient (Wildman–Crippen LogP) is 2.01. The van der Waals surface area contributed by atoms with E-state index >= 15 is 0 Å². The zero-order valence-corrected chi connectivity index (χ0v) is 14.5. The molecule has 6 heteroatoms. The Kier molecular flexibility index (Phi) is 10.2. The number of aliphatic carboxylic acids is 1. The van der Waals surface area contributed by atoms with Crippen LogP contribution in [0, 0.1) is 0 Å². The van der Waals surface area contributed by atoms with Gasteiger partial charge in [-0.1, -0.05) is 44.8 Å². The number of hydrogen-bond acceptors (Lipinski definition) is 5. The van der Waals surface area contributed by atoms with Gasteiger partial charge in [0, 0.05) is 12.8 Å². The molecule has 0 radical (unpaired) electrons. The van der Waals surface area contributed by atoms with Crippen molar-refractivity contribution in [2.45, 2.75) is 95.2 Å². The van der Waals surface area contributed by atoms with Crippen molar-refractivity contribution in [3.05, 3.63) is 12.2 Å². The van der Waals surface area contributed by atoms with Crippen LogP contribution in [0.4, 0.5) is 0 Å². The van der Waals surface area contributed by atoms with E-state index in [1.807, 2.05) is 6.92 Å². The third-order valence-electron chi connectivity index (χ3n) is 4.45. The Hall–Kier alpha value is -0.950. The lowest BCUT2D eigenvalue weighted by molar-refractivity contribution is -0.137. The number of unbranched alkanes of at least 4 members (excludes halogenated alkanes) is 4. The molecule has 4 N–H and O–H groups in total. The molecule has 1 aliphatic heterocycles. The standard InChI is InChI=1S/C18H32O6/c1-2-13(19)10-11-16-15(21)12-17(24-16)14(20)8-6-4-3-5-7-9-18(22)23/h10-11,13-17,19-21H,2-9,12H2,1H3,(H,22,23)/b11-10+/t13-,14+,15+,16-,17+/m1/s1. The van der Waals surface area contributed by atoms with E-state index in [9.17, 15) is 20.1 Å². The highest BCUT2D eigenvalue weighted by atomic mass is 16.5. The zero-order chi connectivity index (χ0) is 17.9. The molecule has 0 amide bonds. The Bertz CT molecular complexity index is 384. The molecule has 5 atom stereocenters. The van der Waals surface area contributed by atoms with Crippen LogP contribution in [-0.4, -0.2) is 56.9 Å². The molecule has 1 rings (SSSR count). The molecule has 1 heterocycles. The molecule has 0 bridgehead atoms. The second kappa shape index (κ2) is 11.6. The Morgan fingerprint density at radius 2 is 1.88 bits per heavy atom. The van der Waals surface area contributed by atoms with Gasteiger partial charge in [0.25, 0.3) is 0 Å². The summed E-state index contributed by atoms with van der Waals surface area (Å²) in [5, 5.41) is 38.2. The summed E-state index contributed by atoms with van der Waals surface area (Å²) >= 11 is 0. The monoisotopic (exact) mass is 344 g/mol. The average Bonchev–Trinajstić information content (AvgIpc) is 2.92. The van der Waals surface area contributed by atoms with E-state index in [1.165, 1.54) is 0 Å². The maximum absolute atomic E-state index is 10.4. The first-order valence-corrected chi connectivity index (χ1v) is 9.03. The van der Waals surface area contributed by atoms with Gasteiger partial charge in [-0.3, -0.25) is 4.79 Å². The fourth-order valence-electron chi connectivity index (χ4n) is 2.86. The fraction of sp³-hybridized carbons (Fsp3) is 0.833. The van der Waals surface area contributed by atoms with Crippen molar-refractivity contribution in [3.63, 3.8) is 0 Å². The van der Waals surface area contributed by atoms with Crippen LogP contribution in [0.15, 0.2) is 12.2 Å². The normalized spacial score (nSPS) is 26.8. The van der Waals surface area contributed by atoms with Crippen molar-refractivity contribution in [2.24, 2.45) is 0 Å². The van der Waals surface area contributed by atoms with Gasteiger partial charge in [-0.25, -0.2) is 0 Å². The Morgan fingerprint density at radius 3 is 2.54 bits per heavy atom. The van der Waals surface area contributed by atoms with Crippen LogP contribution in [-0.2, 0) is 9.53 Å². The molecule has 1 saturated heterocycles. The second-order valence-corrected chi connectivity index (χ2v) is 6.57. The molecular weight excluding hydrogens is 312 g/mol. The first-order chi connectivity index (χ1) is 11.4. The number of carboxylic acid groups (broad SMARTS) is 1. The van der Waals surface area contributed by atoms with E-state index in [1.54, 1.807) is 12.2 Å². The van der Waals surface area contributed by atoms with E-state index in [4.69, 9.17) is 9.84 Å². The summed E-state index contributed by atoms with van der Waals surface area (Å²) in [6.07, 6.45) is 6.89. The lowest BCUT2D eigenvalue weighted by Crippen LogP contribution is -2.26. The van der Waals surface area contributed by atoms with Crippen LogP contribution in [0.25, 0.3) is 0 Å². The number of aliphatic hydroxyl groups is 3. The van der Waals surface area contributed by atoms with Crippen LogP contribution in [0.2, 0.25) is 0 Å². The average molecular weight is 344 g/mol. The summed E-state index contributed by atoms with van der Waals surface area (Å²) in [7, 11) is 0. The molecular formula is C18H32O6. The molecule has 0 saturated carbocycles. The number of aliphatic hydroxyl groups excluding tert-OH is 3. The van der Waals surface area contributed by atoms with Gasteiger partial charge in [-0.15, -0.1) is 0 Å². The van der Waals surface area contributed by atoms with Crippen molar-refractivity contribution in [3.8, 4) is 0 Å². The number of rotatable bonds is 12. The Morgan fingerprint density at radius 1 is 1.21 bits per heavy atom. The zero-order valence-electron chi connectivity index (χ0n) is 14.5. The van der Waals surface area contributed by atoms with Crippen molar-refractivity contribution in [1.29, 1.82) is 0 Å². The highest BCUT2D eigenvalue weighted by molar-refractivity contribution is 5.66. The molecule has 0 unspecified atom stereocenters. The van der Waals surface area contributed by atoms with Crippen LogP contribution >= 0.6 is 0 Å². The molecule has 0 aromatic rings. The third kappa shape index (κ3) is 8.24. The minimum Gasteiger partial charge on any atom is -0.481 e. The van der Waals surface area contributed by atoms with Gasteiger partial charge >= 0.3 is 5.97 Å². The highest BCUT2D eigenvalue weighted by Crippen LogP contribution is 2.26. The summed E-state index contributed by atoms with van der Waals surface area (Å²) in [5.41, 5.74) is 0. The minimum absolute atomic E-state index is 0.220. The van der Waals surface area contributed by atoms with Crippen molar-refractivity contribution in [2.75, 3.05) is 0 Å². The molecule has 6 nitrogen and oxygen atoms in total. The van der Waals surface area contributed by atoms with Gasteiger partial charge in [0.15, 0.2) is 0 Å². The molecule has 24 heavy (non-hydrogen) atoms. The summed E-state index contributed by atoms with van der Waals surface area (Å²) in [6.45, 7) is 1.87. The largest absolute Gasteiger partial charge is 0.481 e. The summed E-state index contributed by atoms with van der Waals surface area (Å²) in [5.74, 6) is -0.752. The van der Waals surface area contributed by atoms with E-state index in [2.05, 4.69) is 0 Å². The van der Waals surface area contributed by atoms with Crippen molar-refractivity contribution < 1.29 is 30.0 Å². The van der Waals surface area contributed by atoms with Crippen molar-refractivity contribution >= 4 is 5.97 Å². The van der Waals surface area contributed by atoms with E-state index in [0.29, 0.717) is 25.7 Å². The van der Waals surface area contributed by atoms with Crippen molar-refractivity contribution in [1.82, 2.24) is 0 Å². The highest BCUT2D eigenvalue weighted by Gasteiger charge is 2.36. The maximum Gasteiger partial charge on any atom is 0.303 e. The summed E-state index contributed by atoms with van der Waals surface area (Å²) < 4.78 is 5.69. The fourth-order valence-corrected chi connectivity index (χ4v) is 2.86. The molecule has 0 aliphatic carbocycles. The summed E-state index contributed by atoms with van der Waals surface area (Å²) in [6, 6.07) is 0. The van der Waals surface area contributed by atoms with Gasteiger partial charge in [0.1, 0.15) is 6.10 Å². The summed E-state index contributed by atoms with van der Waals surface area (Å²) in [4.78, 5) is 10.4. The maximum atomic E-state index is 10.4. The first-order valence-electron chi connectivity index (χ1n) is 9.03. The number of carboxylic acids is 1. The van der Waals surface area contributed by atoms with Crippen LogP contribution < -0.4 is 0 Å². The van der Waals surface area contributed by atoms with E-state index in [-0.39, 0.29) is 12.5 Å². The topological polar surface area (TPSA) is 107 Å². The molecule has 0 aromatic heterocycles. The van der Waals surface area contributed by atoms with Gasteiger partial charge in [0.2, 0.25) is 0 Å². The molecule has 1 aliphatic rings. The molecule has 0 aromatic carbocycles. The molecule has 1 fully saturated rings. The lowest BCUT2D eigenvalue weighted by atomic mass is 10.0. The van der Waals surface area contributed by atoms with Gasteiger partial charge in [0.05, 0.1) is 24.4 Å².